The third-order valence-corrected chi connectivity index (χ3v) is 4.19. The maximum absolute atomic E-state index is 11.9. The number of hydrogen-bond donors (Lipinski definition) is 1. The molecule has 1 aromatic rings. The SMILES string of the molecule is C[C@H]1CCCN(CC(=O)NCc2ccc(Cl)cc2Cl)C1. The van der Waals surface area contributed by atoms with Gasteiger partial charge in [0.2, 0.25) is 5.91 Å². The van der Waals surface area contributed by atoms with Crippen LogP contribution in [0.15, 0.2) is 18.2 Å². The van der Waals surface area contributed by atoms with Crippen LogP contribution in [0.2, 0.25) is 10.0 Å². The van der Waals surface area contributed by atoms with Crippen LogP contribution in [0.5, 0.6) is 0 Å². The van der Waals surface area contributed by atoms with E-state index in [1.807, 2.05) is 6.07 Å². The van der Waals surface area contributed by atoms with Crippen molar-refractivity contribution in [1.82, 2.24) is 10.2 Å². The largest absolute Gasteiger partial charge is 0.351 e. The van der Waals surface area contributed by atoms with Gasteiger partial charge in [0.25, 0.3) is 0 Å². The van der Waals surface area contributed by atoms with Crippen LogP contribution in [0.4, 0.5) is 0 Å². The molecule has 1 heterocycles. The Morgan fingerprint density at radius 1 is 1.45 bits per heavy atom. The van der Waals surface area contributed by atoms with Crippen LogP contribution in [0.1, 0.15) is 25.3 Å². The van der Waals surface area contributed by atoms with Crippen molar-refractivity contribution in [1.29, 1.82) is 0 Å². The molecule has 0 saturated carbocycles. The minimum Gasteiger partial charge on any atom is -0.351 e. The van der Waals surface area contributed by atoms with Crippen molar-refractivity contribution < 1.29 is 4.79 Å². The van der Waals surface area contributed by atoms with Crippen LogP contribution in [-0.2, 0) is 11.3 Å². The molecule has 1 fully saturated rings. The Morgan fingerprint density at radius 3 is 2.95 bits per heavy atom. The minimum atomic E-state index is 0.0464. The Bertz CT molecular complexity index is 479. The van der Waals surface area contributed by atoms with Crippen LogP contribution in [0, 0.1) is 5.92 Å². The maximum Gasteiger partial charge on any atom is 0.234 e. The maximum atomic E-state index is 11.9. The zero-order valence-corrected chi connectivity index (χ0v) is 13.2. The number of benzene rings is 1. The topological polar surface area (TPSA) is 32.3 Å². The number of carbonyl (C=O) groups excluding carboxylic acids is 1. The van der Waals surface area contributed by atoms with Crippen LogP contribution >= 0.6 is 23.2 Å². The standard InChI is InChI=1S/C15H20Cl2N2O/c1-11-3-2-6-19(9-11)10-15(20)18-8-12-4-5-13(16)7-14(12)17/h4-5,7,11H,2-3,6,8-10H2,1H3,(H,18,20)/t11-/m0/s1. The molecule has 1 aromatic carbocycles. The summed E-state index contributed by atoms with van der Waals surface area (Å²) in [5.74, 6) is 0.729. The van der Waals surface area contributed by atoms with Gasteiger partial charge in [0.05, 0.1) is 6.54 Å². The highest BCUT2D eigenvalue weighted by molar-refractivity contribution is 6.35. The highest BCUT2D eigenvalue weighted by Gasteiger charge is 2.18. The number of rotatable bonds is 4. The summed E-state index contributed by atoms with van der Waals surface area (Å²) in [6, 6.07) is 5.31. The van der Waals surface area contributed by atoms with E-state index in [-0.39, 0.29) is 5.91 Å². The summed E-state index contributed by atoms with van der Waals surface area (Å²) in [6.07, 6.45) is 2.44. The highest BCUT2D eigenvalue weighted by atomic mass is 35.5. The van der Waals surface area contributed by atoms with Crippen molar-refractivity contribution in [2.24, 2.45) is 5.92 Å². The number of piperidine rings is 1. The van der Waals surface area contributed by atoms with E-state index in [2.05, 4.69) is 17.1 Å². The predicted octanol–water partition coefficient (Wildman–Crippen LogP) is 3.34. The molecule has 0 aliphatic carbocycles. The number of likely N-dealkylation sites (tertiary alicyclic amines) is 1. The molecular formula is C15H20Cl2N2O. The van der Waals surface area contributed by atoms with Crippen molar-refractivity contribution >= 4 is 29.1 Å². The molecule has 0 aromatic heterocycles. The summed E-state index contributed by atoms with van der Waals surface area (Å²) >= 11 is 11.9. The number of nitrogens with one attached hydrogen (secondary N) is 1. The number of nitrogens with zero attached hydrogens (tertiary/aromatic N) is 1. The molecule has 1 atom stereocenters. The van der Waals surface area contributed by atoms with Gasteiger partial charge in [0.1, 0.15) is 0 Å². The van der Waals surface area contributed by atoms with Crippen LogP contribution in [0.3, 0.4) is 0 Å². The first-order valence-corrected chi connectivity index (χ1v) is 7.73. The lowest BCUT2D eigenvalue weighted by molar-refractivity contribution is -0.122. The predicted molar refractivity (Wildman–Crippen MR) is 83.1 cm³/mol. The van der Waals surface area contributed by atoms with E-state index in [1.54, 1.807) is 12.1 Å². The molecule has 0 spiro atoms. The summed E-state index contributed by atoms with van der Waals surface area (Å²) in [7, 11) is 0. The summed E-state index contributed by atoms with van der Waals surface area (Å²) in [5.41, 5.74) is 0.886. The number of carbonyl (C=O) groups is 1. The van der Waals surface area contributed by atoms with Crippen molar-refractivity contribution in [2.45, 2.75) is 26.3 Å². The fraction of sp³-hybridized carbons (Fsp3) is 0.533. The molecule has 1 aliphatic rings. The number of hydrogen-bond acceptors (Lipinski definition) is 2. The van der Waals surface area contributed by atoms with Crippen LogP contribution in [-0.4, -0.2) is 30.4 Å². The van der Waals surface area contributed by atoms with Gasteiger partial charge in [-0.05, 0) is 43.0 Å². The molecule has 0 unspecified atom stereocenters. The fourth-order valence-corrected chi connectivity index (χ4v) is 3.02. The van der Waals surface area contributed by atoms with Crippen molar-refractivity contribution in [3.63, 3.8) is 0 Å². The second kappa shape index (κ2) is 7.30. The van der Waals surface area contributed by atoms with Gasteiger partial charge < -0.3 is 5.32 Å². The Labute approximate surface area is 130 Å². The third kappa shape index (κ3) is 4.65. The summed E-state index contributed by atoms with van der Waals surface area (Å²) in [6.45, 7) is 5.17. The van der Waals surface area contributed by atoms with Gasteiger partial charge in [-0.15, -0.1) is 0 Å². The van der Waals surface area contributed by atoms with Crippen LogP contribution in [0.25, 0.3) is 0 Å². The lowest BCUT2D eigenvalue weighted by Crippen LogP contribution is -2.41. The molecule has 3 nitrogen and oxygen atoms in total. The molecular weight excluding hydrogens is 295 g/mol. The third-order valence-electron chi connectivity index (χ3n) is 3.60. The molecule has 20 heavy (non-hydrogen) atoms. The monoisotopic (exact) mass is 314 g/mol. The lowest BCUT2D eigenvalue weighted by Gasteiger charge is -2.30. The Morgan fingerprint density at radius 2 is 2.25 bits per heavy atom. The summed E-state index contributed by atoms with van der Waals surface area (Å²) < 4.78 is 0. The second-order valence-corrected chi connectivity index (χ2v) is 6.34. The van der Waals surface area contributed by atoms with E-state index >= 15 is 0 Å². The summed E-state index contributed by atoms with van der Waals surface area (Å²) in [5, 5.41) is 4.10. The quantitative estimate of drug-likeness (QED) is 0.924. The smallest absolute Gasteiger partial charge is 0.234 e. The molecule has 0 bridgehead atoms. The van der Waals surface area contributed by atoms with Crippen molar-refractivity contribution in [3.05, 3.63) is 33.8 Å². The minimum absolute atomic E-state index is 0.0464. The molecule has 0 radical (unpaired) electrons. The zero-order valence-electron chi connectivity index (χ0n) is 11.7. The van der Waals surface area contributed by atoms with E-state index in [1.165, 1.54) is 12.8 Å². The molecule has 2 rings (SSSR count). The first-order chi connectivity index (χ1) is 9.54. The van der Waals surface area contributed by atoms with Gasteiger partial charge >= 0.3 is 0 Å². The molecule has 5 heteroatoms. The average Bonchev–Trinajstić information content (AvgIpc) is 2.37. The lowest BCUT2D eigenvalue weighted by atomic mass is 10.0. The Hall–Kier alpha value is -0.770. The zero-order chi connectivity index (χ0) is 14.5. The fourth-order valence-electron chi connectivity index (χ4n) is 2.55. The van der Waals surface area contributed by atoms with Crippen LogP contribution < -0.4 is 5.32 Å². The van der Waals surface area contributed by atoms with Gasteiger partial charge in [-0.25, -0.2) is 0 Å². The van der Waals surface area contributed by atoms with E-state index in [9.17, 15) is 4.79 Å². The molecule has 1 saturated heterocycles. The number of amides is 1. The normalized spacial score (nSPS) is 19.9. The first-order valence-electron chi connectivity index (χ1n) is 6.97. The van der Waals surface area contributed by atoms with Crippen molar-refractivity contribution in [2.75, 3.05) is 19.6 Å². The average molecular weight is 315 g/mol. The Kier molecular flexibility index (Phi) is 5.70. The van der Waals surface area contributed by atoms with Gasteiger partial charge in [-0.3, -0.25) is 9.69 Å². The van der Waals surface area contributed by atoms with Gasteiger partial charge in [-0.2, -0.15) is 0 Å². The molecule has 1 N–H and O–H groups in total. The summed E-state index contributed by atoms with van der Waals surface area (Å²) in [4.78, 5) is 14.2. The molecule has 1 aliphatic heterocycles. The van der Waals surface area contributed by atoms with E-state index in [0.717, 1.165) is 18.7 Å². The van der Waals surface area contributed by atoms with Gasteiger partial charge in [0, 0.05) is 23.1 Å². The van der Waals surface area contributed by atoms with Gasteiger partial charge in [-0.1, -0.05) is 36.2 Å². The Balaban J connectivity index is 1.80. The van der Waals surface area contributed by atoms with E-state index in [4.69, 9.17) is 23.2 Å². The van der Waals surface area contributed by atoms with Gasteiger partial charge in [0.15, 0.2) is 0 Å². The molecule has 110 valence electrons. The van der Waals surface area contributed by atoms with E-state index < -0.39 is 0 Å². The number of halogens is 2. The second-order valence-electron chi connectivity index (χ2n) is 5.49. The molecule has 1 amide bonds. The van der Waals surface area contributed by atoms with E-state index in [0.29, 0.717) is 29.1 Å². The van der Waals surface area contributed by atoms with Crippen molar-refractivity contribution in [3.8, 4) is 0 Å². The first kappa shape index (κ1) is 15.6. The highest BCUT2D eigenvalue weighted by Crippen LogP contribution is 2.20.